The largest absolute Gasteiger partial charge is 0.507 e. The summed E-state index contributed by atoms with van der Waals surface area (Å²) in [7, 11) is 0. The highest BCUT2D eigenvalue weighted by atomic mass is 16.7. The second-order valence-corrected chi connectivity index (χ2v) is 9.97. The number of ether oxygens (including phenoxy) is 3. The van der Waals surface area contributed by atoms with Gasteiger partial charge in [-0.3, -0.25) is 4.79 Å². The van der Waals surface area contributed by atoms with Crippen LogP contribution in [0.4, 0.5) is 0 Å². The molecule has 0 unspecified atom stereocenters. The zero-order valence-electron chi connectivity index (χ0n) is 21.2. The average Bonchev–Trinajstić information content (AvgIpc) is 2.91. The van der Waals surface area contributed by atoms with Crippen LogP contribution in [-0.2, 0) is 9.47 Å². The number of phenols is 2. The van der Waals surface area contributed by atoms with E-state index in [0.717, 1.165) is 12.1 Å². The summed E-state index contributed by atoms with van der Waals surface area (Å²) in [5, 5.41) is 80.8. The molecule has 0 aliphatic carbocycles. The highest BCUT2D eigenvalue weighted by Gasteiger charge is 2.44. The Morgan fingerprint density at radius 2 is 1.62 bits per heavy atom. The fourth-order valence-electron chi connectivity index (χ4n) is 5.01. The fourth-order valence-corrected chi connectivity index (χ4v) is 5.01. The summed E-state index contributed by atoms with van der Waals surface area (Å²) < 4.78 is 22.4. The molecule has 1 aromatic heterocycles. The van der Waals surface area contributed by atoms with Gasteiger partial charge in [0.2, 0.25) is 6.29 Å². The maximum Gasteiger partial charge on any atom is 0.229 e. The Morgan fingerprint density at radius 1 is 0.925 bits per heavy atom. The van der Waals surface area contributed by atoms with Crippen LogP contribution in [-0.4, -0.2) is 96.5 Å². The molecule has 0 spiro atoms. The molecule has 3 aromatic rings. The molecule has 40 heavy (non-hydrogen) atoms. The van der Waals surface area contributed by atoms with Gasteiger partial charge in [-0.25, -0.2) is 0 Å². The van der Waals surface area contributed by atoms with Crippen molar-refractivity contribution in [2.24, 2.45) is 0 Å². The SMILES string of the molecule is C[C@H]1O[C@@H](c2c(O)cc3oc(-c4ccc(O[C@@H]5O[C@H](CO)[C@@H](O)[C@H](O)[C@H]5O)cc4)cc(=O)c3c2O)C[C@@H](O)[C@@H]1O. The summed E-state index contributed by atoms with van der Waals surface area (Å²) in [4.78, 5) is 13.0. The second kappa shape index (κ2) is 11.0. The highest BCUT2D eigenvalue weighted by molar-refractivity contribution is 5.88. The van der Waals surface area contributed by atoms with E-state index in [1.54, 1.807) is 0 Å². The molecule has 216 valence electrons. The zero-order valence-corrected chi connectivity index (χ0v) is 21.2. The van der Waals surface area contributed by atoms with E-state index in [1.807, 2.05) is 0 Å². The van der Waals surface area contributed by atoms with Crippen molar-refractivity contribution < 1.29 is 59.5 Å². The third kappa shape index (κ3) is 5.02. The minimum absolute atomic E-state index is 0.0972. The molecule has 5 rings (SSSR count). The first-order chi connectivity index (χ1) is 19.0. The van der Waals surface area contributed by atoms with Crippen molar-refractivity contribution in [3.05, 3.63) is 52.2 Å². The summed E-state index contributed by atoms with van der Waals surface area (Å²) in [6.45, 7) is 0.936. The van der Waals surface area contributed by atoms with Gasteiger partial charge in [-0.2, -0.15) is 0 Å². The Morgan fingerprint density at radius 3 is 2.27 bits per heavy atom. The number of aliphatic hydroxyl groups excluding tert-OH is 6. The summed E-state index contributed by atoms with van der Waals surface area (Å²) in [6.07, 6.45) is -11.4. The third-order valence-corrected chi connectivity index (χ3v) is 7.28. The molecule has 2 aliphatic rings. The maximum atomic E-state index is 13.0. The van der Waals surface area contributed by atoms with E-state index in [2.05, 4.69) is 0 Å². The van der Waals surface area contributed by atoms with Gasteiger partial charge in [-0.1, -0.05) is 0 Å². The molecule has 8 N–H and O–H groups in total. The molecule has 2 aromatic carbocycles. The molecule has 2 saturated heterocycles. The van der Waals surface area contributed by atoms with Crippen LogP contribution in [0.1, 0.15) is 25.0 Å². The lowest BCUT2D eigenvalue weighted by atomic mass is 9.92. The van der Waals surface area contributed by atoms with Gasteiger partial charge in [0, 0.05) is 24.1 Å². The van der Waals surface area contributed by atoms with Gasteiger partial charge in [0.15, 0.2) is 5.43 Å². The maximum absolute atomic E-state index is 13.0. The molecule has 2 fully saturated rings. The lowest BCUT2D eigenvalue weighted by Gasteiger charge is -2.39. The summed E-state index contributed by atoms with van der Waals surface area (Å²) in [5.74, 6) is -0.677. The number of fused-ring (bicyclic) bond motifs is 1. The average molecular weight is 563 g/mol. The monoisotopic (exact) mass is 562 g/mol. The Labute approximate surface area is 226 Å². The summed E-state index contributed by atoms with van der Waals surface area (Å²) in [5.41, 5.74) is -0.391. The van der Waals surface area contributed by atoms with Gasteiger partial charge in [0.25, 0.3) is 0 Å². The van der Waals surface area contributed by atoms with Crippen LogP contribution in [0.15, 0.2) is 45.6 Å². The minimum atomic E-state index is -1.60. The summed E-state index contributed by atoms with van der Waals surface area (Å²) in [6, 6.07) is 8.32. The summed E-state index contributed by atoms with van der Waals surface area (Å²) >= 11 is 0. The van der Waals surface area contributed by atoms with Gasteiger partial charge in [-0.05, 0) is 31.2 Å². The molecule has 13 heteroatoms. The molecule has 13 nitrogen and oxygen atoms in total. The topological polar surface area (TPSA) is 220 Å². The van der Waals surface area contributed by atoms with Gasteiger partial charge < -0.3 is 59.5 Å². The number of rotatable bonds is 5. The van der Waals surface area contributed by atoms with E-state index >= 15 is 0 Å². The predicted octanol–water partition coefficient (Wildman–Crippen LogP) is -0.378. The molecule has 0 radical (unpaired) electrons. The fraction of sp³-hybridized carbons (Fsp3) is 0.444. The third-order valence-electron chi connectivity index (χ3n) is 7.28. The van der Waals surface area contributed by atoms with E-state index in [1.165, 1.54) is 31.2 Å². The standard InChI is InChI=1S/C27H30O13/c1-10-22(32)15(31)8-17(37-10)20-14(30)7-18-21(24(20)34)13(29)6-16(39-18)11-2-4-12(5-3-11)38-27-26(36)25(35)23(33)19(9-28)40-27/h2-7,10,15,17,19,22-23,25-28,30-36H,8-9H2,1H3/t10-,15-,17-,19-,22-,23-,25+,26-,27-/m1/s1. The van der Waals surface area contributed by atoms with E-state index in [-0.39, 0.29) is 34.5 Å². The van der Waals surface area contributed by atoms with E-state index in [0.29, 0.717) is 5.56 Å². The number of hydrogen-bond donors (Lipinski definition) is 8. The van der Waals surface area contributed by atoms with E-state index in [9.17, 15) is 45.6 Å². The van der Waals surface area contributed by atoms with Crippen molar-refractivity contribution in [3.8, 4) is 28.6 Å². The second-order valence-electron chi connectivity index (χ2n) is 9.97. The number of phenolic OH excluding ortho intramolecular Hbond substituents is 2. The molecular weight excluding hydrogens is 532 g/mol. The van der Waals surface area contributed by atoms with Crippen molar-refractivity contribution in [2.45, 2.75) is 68.5 Å². The Kier molecular flexibility index (Phi) is 7.74. The number of aromatic hydroxyl groups is 2. The minimum Gasteiger partial charge on any atom is -0.507 e. The lowest BCUT2D eigenvalue weighted by molar-refractivity contribution is -0.277. The first-order valence-electron chi connectivity index (χ1n) is 12.6. The van der Waals surface area contributed by atoms with Crippen molar-refractivity contribution in [2.75, 3.05) is 6.61 Å². The first kappa shape index (κ1) is 28.3. The van der Waals surface area contributed by atoms with Crippen LogP contribution >= 0.6 is 0 Å². The molecule has 0 amide bonds. The number of benzene rings is 2. The van der Waals surface area contributed by atoms with Crippen LogP contribution in [0.3, 0.4) is 0 Å². The predicted molar refractivity (Wildman–Crippen MR) is 136 cm³/mol. The van der Waals surface area contributed by atoms with Crippen LogP contribution < -0.4 is 10.2 Å². The molecule has 9 atom stereocenters. The molecular formula is C27H30O13. The molecule has 0 saturated carbocycles. The van der Waals surface area contributed by atoms with Crippen molar-refractivity contribution in [1.82, 2.24) is 0 Å². The Balaban J connectivity index is 1.41. The van der Waals surface area contributed by atoms with Crippen LogP contribution in [0, 0.1) is 0 Å². The molecule has 3 heterocycles. The zero-order chi connectivity index (χ0) is 28.9. The quantitative estimate of drug-likeness (QED) is 0.199. The van der Waals surface area contributed by atoms with Gasteiger partial charge in [0.1, 0.15) is 64.5 Å². The van der Waals surface area contributed by atoms with Crippen molar-refractivity contribution >= 4 is 11.0 Å². The molecule has 0 bridgehead atoms. The van der Waals surface area contributed by atoms with Gasteiger partial charge in [0.05, 0.1) is 30.5 Å². The molecule has 2 aliphatic heterocycles. The van der Waals surface area contributed by atoms with E-state index < -0.39 is 78.7 Å². The number of hydrogen-bond acceptors (Lipinski definition) is 13. The smallest absolute Gasteiger partial charge is 0.229 e. The van der Waals surface area contributed by atoms with Crippen LogP contribution in [0.25, 0.3) is 22.3 Å². The Hall–Kier alpha value is -3.27. The first-order valence-corrected chi connectivity index (χ1v) is 12.6. The highest BCUT2D eigenvalue weighted by Crippen LogP contribution is 2.44. The lowest BCUT2D eigenvalue weighted by Crippen LogP contribution is -2.60. The van der Waals surface area contributed by atoms with Crippen LogP contribution in [0.5, 0.6) is 17.2 Å². The Bertz CT molecular complexity index is 1410. The van der Waals surface area contributed by atoms with Crippen molar-refractivity contribution in [3.63, 3.8) is 0 Å². The normalized spacial score (nSPS) is 32.7. The number of aliphatic hydroxyl groups is 6. The van der Waals surface area contributed by atoms with Gasteiger partial charge in [-0.15, -0.1) is 0 Å². The van der Waals surface area contributed by atoms with Crippen molar-refractivity contribution in [1.29, 1.82) is 0 Å². The van der Waals surface area contributed by atoms with Gasteiger partial charge >= 0.3 is 0 Å². The van der Waals surface area contributed by atoms with E-state index in [4.69, 9.17) is 18.6 Å². The van der Waals surface area contributed by atoms with Crippen LogP contribution in [0.2, 0.25) is 0 Å².